The number of hydrazine groups is 1. The predicted molar refractivity (Wildman–Crippen MR) is 45.4 cm³/mol. The number of anilines is 1. The van der Waals surface area contributed by atoms with Crippen molar-refractivity contribution in [3.05, 3.63) is 11.3 Å². The number of carbonyl (C=O) groups is 1. The van der Waals surface area contributed by atoms with Crippen molar-refractivity contribution in [3.8, 4) is 0 Å². The molecule has 1 aromatic heterocycles. The van der Waals surface area contributed by atoms with Gasteiger partial charge in [0.15, 0.2) is 5.82 Å². The van der Waals surface area contributed by atoms with Crippen LogP contribution >= 0.6 is 0 Å². The number of amides is 1. The Morgan fingerprint density at radius 1 is 1.54 bits per heavy atom. The van der Waals surface area contributed by atoms with Crippen LogP contribution in [0, 0.1) is 0 Å². The van der Waals surface area contributed by atoms with Gasteiger partial charge in [0.2, 0.25) is 0 Å². The summed E-state index contributed by atoms with van der Waals surface area (Å²) in [6.07, 6.45) is 1.94. The largest absolute Gasteiger partial charge is 0.464 e. The molecule has 1 amide bonds. The van der Waals surface area contributed by atoms with E-state index >= 15 is 0 Å². The number of rotatable bonds is 2. The topological polar surface area (TPSA) is 90.0 Å². The average Bonchev–Trinajstić information content (AvgIpc) is 2.60. The van der Waals surface area contributed by atoms with Crippen LogP contribution in [0.1, 0.15) is 17.7 Å². The van der Waals surface area contributed by atoms with Crippen LogP contribution in [-0.4, -0.2) is 21.4 Å². The van der Waals surface area contributed by atoms with Gasteiger partial charge in [-0.15, -0.1) is 0 Å². The molecule has 0 saturated heterocycles. The van der Waals surface area contributed by atoms with Crippen molar-refractivity contribution in [1.82, 2.24) is 15.6 Å². The second-order valence-corrected chi connectivity index (χ2v) is 2.94. The van der Waals surface area contributed by atoms with Gasteiger partial charge in [0.25, 0.3) is 0 Å². The third-order valence-corrected chi connectivity index (χ3v) is 2.09. The van der Waals surface area contributed by atoms with E-state index in [-0.39, 0.29) is 0 Å². The molecule has 0 radical (unpaired) electrons. The standard InChI is InChI=1S/C7H10N4O2/c12-7(13)11-10-6-4-2-1-3-5(4)8-9-6/h11H,1-3H2,(H,12,13)(H2,8,9,10). The molecule has 4 N–H and O–H groups in total. The number of nitrogens with one attached hydrogen (secondary N) is 3. The van der Waals surface area contributed by atoms with Gasteiger partial charge < -0.3 is 5.11 Å². The second-order valence-electron chi connectivity index (χ2n) is 2.94. The van der Waals surface area contributed by atoms with Crippen molar-refractivity contribution >= 4 is 11.9 Å². The highest BCUT2D eigenvalue weighted by Crippen LogP contribution is 2.25. The number of hydrogen-bond acceptors (Lipinski definition) is 3. The van der Waals surface area contributed by atoms with Crippen LogP contribution in [-0.2, 0) is 12.8 Å². The highest BCUT2D eigenvalue weighted by molar-refractivity contribution is 5.67. The van der Waals surface area contributed by atoms with Gasteiger partial charge in [-0.3, -0.25) is 10.5 Å². The number of carboxylic acid groups (broad SMARTS) is 1. The second kappa shape index (κ2) is 2.96. The van der Waals surface area contributed by atoms with E-state index in [4.69, 9.17) is 5.11 Å². The number of aryl methyl sites for hydroxylation is 1. The fourth-order valence-electron chi connectivity index (χ4n) is 1.54. The first-order valence-corrected chi connectivity index (χ1v) is 4.08. The molecule has 1 aliphatic rings. The SMILES string of the molecule is O=C(O)NNc1n[nH]c2c1CCC2. The van der Waals surface area contributed by atoms with E-state index in [1.54, 1.807) is 0 Å². The Kier molecular flexibility index (Phi) is 1.80. The summed E-state index contributed by atoms with van der Waals surface area (Å²) in [7, 11) is 0. The molecule has 0 aliphatic heterocycles. The van der Waals surface area contributed by atoms with Gasteiger partial charge in [-0.25, -0.2) is 10.2 Å². The maximum atomic E-state index is 10.2. The Morgan fingerprint density at radius 3 is 3.15 bits per heavy atom. The minimum Gasteiger partial charge on any atom is -0.464 e. The van der Waals surface area contributed by atoms with Crippen LogP contribution in [0.25, 0.3) is 0 Å². The summed E-state index contributed by atoms with van der Waals surface area (Å²) in [4.78, 5) is 10.2. The summed E-state index contributed by atoms with van der Waals surface area (Å²) in [5.41, 5.74) is 6.79. The zero-order valence-electron chi connectivity index (χ0n) is 6.92. The Morgan fingerprint density at radius 2 is 2.38 bits per heavy atom. The maximum absolute atomic E-state index is 10.2. The van der Waals surface area contributed by atoms with Gasteiger partial charge in [-0.1, -0.05) is 0 Å². The predicted octanol–water partition coefficient (Wildman–Crippen LogP) is 0.493. The third kappa shape index (κ3) is 1.42. The molecule has 0 spiro atoms. The van der Waals surface area contributed by atoms with E-state index < -0.39 is 6.09 Å². The van der Waals surface area contributed by atoms with Gasteiger partial charge in [-0.05, 0) is 19.3 Å². The summed E-state index contributed by atoms with van der Waals surface area (Å²) in [6, 6.07) is 0. The van der Waals surface area contributed by atoms with Crippen molar-refractivity contribution in [1.29, 1.82) is 0 Å². The number of hydrogen-bond donors (Lipinski definition) is 4. The van der Waals surface area contributed by atoms with Crippen molar-refractivity contribution in [2.24, 2.45) is 0 Å². The smallest absolute Gasteiger partial charge is 0.423 e. The summed E-state index contributed by atoms with van der Waals surface area (Å²) >= 11 is 0. The molecule has 0 unspecified atom stereocenters. The lowest BCUT2D eigenvalue weighted by Crippen LogP contribution is -2.27. The van der Waals surface area contributed by atoms with E-state index in [0.717, 1.165) is 30.5 Å². The normalized spacial score (nSPS) is 13.8. The van der Waals surface area contributed by atoms with Crippen LogP contribution in [0.15, 0.2) is 0 Å². The minimum absolute atomic E-state index is 0.593. The summed E-state index contributed by atoms with van der Waals surface area (Å²) < 4.78 is 0. The molecular weight excluding hydrogens is 172 g/mol. The molecule has 13 heavy (non-hydrogen) atoms. The van der Waals surface area contributed by atoms with Gasteiger partial charge >= 0.3 is 6.09 Å². The fourth-order valence-corrected chi connectivity index (χ4v) is 1.54. The Bertz CT molecular complexity index is 333. The molecule has 6 nitrogen and oxygen atoms in total. The molecule has 2 rings (SSSR count). The Balaban J connectivity index is 2.08. The van der Waals surface area contributed by atoms with Crippen molar-refractivity contribution in [2.45, 2.75) is 19.3 Å². The molecule has 1 aromatic rings. The number of H-pyrrole nitrogens is 1. The average molecular weight is 182 g/mol. The van der Waals surface area contributed by atoms with E-state index in [9.17, 15) is 4.79 Å². The minimum atomic E-state index is -1.12. The van der Waals surface area contributed by atoms with E-state index in [2.05, 4.69) is 21.0 Å². The zero-order valence-corrected chi connectivity index (χ0v) is 6.92. The molecule has 1 aliphatic carbocycles. The lowest BCUT2D eigenvalue weighted by Gasteiger charge is -2.02. The first-order chi connectivity index (χ1) is 6.27. The van der Waals surface area contributed by atoms with Gasteiger partial charge in [0, 0.05) is 11.3 Å². The highest BCUT2D eigenvalue weighted by Gasteiger charge is 2.18. The molecule has 0 fully saturated rings. The highest BCUT2D eigenvalue weighted by atomic mass is 16.4. The van der Waals surface area contributed by atoms with Gasteiger partial charge in [0.05, 0.1) is 0 Å². The number of fused-ring (bicyclic) bond motifs is 1. The van der Waals surface area contributed by atoms with Crippen LogP contribution in [0.3, 0.4) is 0 Å². The lowest BCUT2D eigenvalue weighted by atomic mass is 10.3. The Labute approximate surface area is 74.3 Å². The number of aromatic amines is 1. The van der Waals surface area contributed by atoms with E-state index in [0.29, 0.717) is 5.82 Å². The quantitative estimate of drug-likeness (QED) is 0.501. The molecule has 6 heteroatoms. The monoisotopic (exact) mass is 182 g/mol. The van der Waals surface area contributed by atoms with Crippen LogP contribution in [0.2, 0.25) is 0 Å². The van der Waals surface area contributed by atoms with Crippen molar-refractivity contribution < 1.29 is 9.90 Å². The van der Waals surface area contributed by atoms with E-state index in [1.165, 1.54) is 0 Å². The van der Waals surface area contributed by atoms with Crippen molar-refractivity contribution in [2.75, 3.05) is 5.43 Å². The maximum Gasteiger partial charge on any atom is 0.423 e. The molecular formula is C7H10N4O2. The van der Waals surface area contributed by atoms with Gasteiger partial charge in [0.1, 0.15) is 0 Å². The Hall–Kier alpha value is -1.72. The lowest BCUT2D eigenvalue weighted by molar-refractivity contribution is 0.197. The van der Waals surface area contributed by atoms with Crippen LogP contribution in [0.5, 0.6) is 0 Å². The number of aromatic nitrogens is 2. The summed E-state index contributed by atoms with van der Waals surface area (Å²) in [5.74, 6) is 0.593. The fraction of sp³-hybridized carbons (Fsp3) is 0.429. The molecule has 1 heterocycles. The first kappa shape index (κ1) is 7.90. The third-order valence-electron chi connectivity index (χ3n) is 2.09. The summed E-state index contributed by atoms with van der Waals surface area (Å²) in [5, 5.41) is 15.2. The number of nitrogens with zero attached hydrogens (tertiary/aromatic N) is 1. The molecule has 70 valence electrons. The molecule has 0 atom stereocenters. The molecule has 0 bridgehead atoms. The van der Waals surface area contributed by atoms with E-state index in [1.807, 2.05) is 0 Å². The van der Waals surface area contributed by atoms with Crippen LogP contribution in [0.4, 0.5) is 10.6 Å². The van der Waals surface area contributed by atoms with Crippen molar-refractivity contribution in [3.63, 3.8) is 0 Å². The van der Waals surface area contributed by atoms with Gasteiger partial charge in [-0.2, -0.15) is 5.10 Å². The zero-order chi connectivity index (χ0) is 9.26. The summed E-state index contributed by atoms with van der Waals surface area (Å²) in [6.45, 7) is 0. The van der Waals surface area contributed by atoms with Crippen LogP contribution < -0.4 is 10.9 Å². The molecule has 0 saturated carbocycles. The molecule has 0 aromatic carbocycles. The first-order valence-electron chi connectivity index (χ1n) is 4.08.